The molecule has 0 aromatic carbocycles. The van der Waals surface area contributed by atoms with E-state index in [1.807, 2.05) is 0 Å². The third-order valence-corrected chi connectivity index (χ3v) is 42.4. The summed E-state index contributed by atoms with van der Waals surface area (Å²) < 4.78 is 0. The molecule has 3 atom stereocenters. The van der Waals surface area contributed by atoms with Gasteiger partial charge in [0.2, 0.25) is 0 Å². The third-order valence-electron chi connectivity index (χ3n) is 5.75. The second-order valence-corrected chi connectivity index (χ2v) is 40.9. The van der Waals surface area contributed by atoms with Crippen LogP contribution in [-0.2, 0) is 0 Å². The molecular formula is C14H37P5. The summed E-state index contributed by atoms with van der Waals surface area (Å²) in [7, 11) is 1.45. The van der Waals surface area contributed by atoms with Crippen molar-refractivity contribution < 1.29 is 0 Å². The summed E-state index contributed by atoms with van der Waals surface area (Å²) in [6.45, 7) is 20.4. The second-order valence-electron chi connectivity index (χ2n) is 8.21. The maximum absolute atomic E-state index is 2.75. The monoisotopic (exact) mass is 360 g/mol. The van der Waals surface area contributed by atoms with Crippen molar-refractivity contribution in [2.24, 2.45) is 5.92 Å². The number of hydrogen-bond acceptors (Lipinski definition) is 0. The summed E-state index contributed by atoms with van der Waals surface area (Å²) in [6.07, 6.45) is 1.58. The first-order valence-corrected chi connectivity index (χ1v) is 22.6. The fourth-order valence-corrected chi connectivity index (χ4v) is 28.2. The van der Waals surface area contributed by atoms with Gasteiger partial charge in [-0.05, 0) is 0 Å². The van der Waals surface area contributed by atoms with Crippen molar-refractivity contribution in [1.82, 2.24) is 0 Å². The Morgan fingerprint density at radius 1 is 1.11 bits per heavy atom. The van der Waals surface area contributed by atoms with Crippen LogP contribution < -0.4 is 0 Å². The van der Waals surface area contributed by atoms with Gasteiger partial charge in [0, 0.05) is 0 Å². The Morgan fingerprint density at radius 3 is 2.11 bits per heavy atom. The molecule has 0 nitrogen and oxygen atoms in total. The molecule has 5 heteroatoms. The van der Waals surface area contributed by atoms with E-state index in [1.54, 1.807) is 6.16 Å². The molecule has 118 valence electrons. The summed E-state index contributed by atoms with van der Waals surface area (Å²) in [6, 6.07) is 0. The van der Waals surface area contributed by atoms with Crippen LogP contribution in [0.15, 0.2) is 11.6 Å². The van der Waals surface area contributed by atoms with Crippen LogP contribution in [0.5, 0.6) is 0 Å². The van der Waals surface area contributed by atoms with Gasteiger partial charge < -0.3 is 0 Å². The van der Waals surface area contributed by atoms with E-state index < -0.39 is 20.5 Å². The molecule has 0 aliphatic carbocycles. The van der Waals surface area contributed by atoms with Crippen molar-refractivity contribution >= 4 is 36.4 Å². The minimum atomic E-state index is -1.15. The molecule has 1 aliphatic rings. The van der Waals surface area contributed by atoms with Gasteiger partial charge in [0.1, 0.15) is 0 Å². The Kier molecular flexibility index (Phi) is 6.54. The zero-order valence-electron chi connectivity index (χ0n) is 14.5. The SMILES string of the molecule is CC(C)C1CP(C)[PH](C)(C)P/C=C\[PH](C)(C)[PH]1(C)C. The molecule has 0 saturated heterocycles. The van der Waals surface area contributed by atoms with Crippen molar-refractivity contribution in [2.45, 2.75) is 19.5 Å². The third kappa shape index (κ3) is 4.21. The zero-order chi connectivity index (χ0) is 15.1. The second kappa shape index (κ2) is 6.56. The topological polar surface area (TPSA) is 0 Å². The standard InChI is InChI=1S/C14H37P5/c1-13(2)14-12-16(3)19(8,9)15-10-11-17(4,5)18(14,6)7/h10-11,13-15,17-19H,12H2,1-9H3/b11-10-. The zero-order valence-corrected chi connectivity index (χ0v) is 19.4. The van der Waals surface area contributed by atoms with Crippen LogP contribution in [0.2, 0.25) is 0 Å². The molecule has 0 fully saturated rings. The van der Waals surface area contributed by atoms with Crippen molar-refractivity contribution in [3.63, 3.8) is 0 Å². The quantitative estimate of drug-likeness (QED) is 0.499. The number of hydrogen-bond donors (Lipinski definition) is 0. The molecule has 3 unspecified atom stereocenters. The fourth-order valence-electron chi connectivity index (χ4n) is 3.05. The Balaban J connectivity index is 3.25. The molecule has 0 saturated carbocycles. The van der Waals surface area contributed by atoms with Gasteiger partial charge in [0.25, 0.3) is 0 Å². The van der Waals surface area contributed by atoms with Crippen LogP contribution in [-0.4, -0.2) is 58.5 Å². The molecule has 1 aliphatic heterocycles. The molecular weight excluding hydrogens is 323 g/mol. The van der Waals surface area contributed by atoms with Gasteiger partial charge in [-0.3, -0.25) is 0 Å². The van der Waals surface area contributed by atoms with Gasteiger partial charge in [-0.25, -0.2) is 0 Å². The summed E-state index contributed by atoms with van der Waals surface area (Å²) in [4.78, 5) is 0. The molecule has 19 heavy (non-hydrogen) atoms. The van der Waals surface area contributed by atoms with E-state index in [9.17, 15) is 0 Å². The molecule has 1 heterocycles. The van der Waals surface area contributed by atoms with Gasteiger partial charge in [-0.1, -0.05) is 0 Å². The Hall–Kier alpha value is 1.89. The van der Waals surface area contributed by atoms with Crippen LogP contribution in [0.1, 0.15) is 13.8 Å². The Morgan fingerprint density at radius 2 is 1.63 bits per heavy atom. The van der Waals surface area contributed by atoms with E-state index in [0.717, 1.165) is 19.8 Å². The fraction of sp³-hybridized carbons (Fsp3) is 0.857. The Labute approximate surface area is 126 Å². The summed E-state index contributed by atoms with van der Waals surface area (Å²) in [5, 5.41) is 0. The van der Waals surface area contributed by atoms with E-state index in [1.165, 1.54) is 0 Å². The van der Waals surface area contributed by atoms with Gasteiger partial charge in [0.05, 0.1) is 0 Å². The normalized spacial score (nSPS) is 41.6. The molecule has 0 radical (unpaired) electrons. The van der Waals surface area contributed by atoms with Crippen molar-refractivity contribution in [1.29, 1.82) is 0 Å². The van der Waals surface area contributed by atoms with Gasteiger partial charge in [0.15, 0.2) is 0 Å². The molecule has 0 spiro atoms. The van der Waals surface area contributed by atoms with Crippen LogP contribution in [0, 0.1) is 5.92 Å². The van der Waals surface area contributed by atoms with Gasteiger partial charge in [-0.2, -0.15) is 0 Å². The van der Waals surface area contributed by atoms with Crippen LogP contribution in [0.25, 0.3) is 0 Å². The van der Waals surface area contributed by atoms with E-state index in [0.29, 0.717) is 0 Å². The van der Waals surface area contributed by atoms with E-state index >= 15 is 0 Å². The average molecular weight is 360 g/mol. The minimum absolute atomic E-state index is 0.290. The number of rotatable bonds is 1. The first-order valence-electron chi connectivity index (χ1n) is 7.58. The first kappa shape index (κ1) is 18.9. The van der Waals surface area contributed by atoms with E-state index in [2.05, 4.69) is 72.1 Å². The van der Waals surface area contributed by atoms with Crippen molar-refractivity contribution in [3.05, 3.63) is 11.6 Å². The predicted molar refractivity (Wildman–Crippen MR) is 114 cm³/mol. The molecule has 0 bridgehead atoms. The van der Waals surface area contributed by atoms with Gasteiger partial charge >= 0.3 is 126 Å². The summed E-state index contributed by atoms with van der Waals surface area (Å²) in [5.41, 5.74) is 1.05. The van der Waals surface area contributed by atoms with E-state index in [-0.39, 0.29) is 7.61 Å². The van der Waals surface area contributed by atoms with Crippen molar-refractivity contribution in [2.75, 3.05) is 52.8 Å². The average Bonchev–Trinajstić information content (AvgIpc) is 2.24. The van der Waals surface area contributed by atoms with Crippen LogP contribution in [0.4, 0.5) is 0 Å². The maximum atomic E-state index is 2.75. The first-order chi connectivity index (χ1) is 8.42. The van der Waals surface area contributed by atoms with Crippen LogP contribution in [0.3, 0.4) is 0 Å². The molecule has 0 aromatic heterocycles. The molecule has 0 N–H and O–H groups in total. The Bertz CT molecular complexity index is 344. The van der Waals surface area contributed by atoms with Crippen molar-refractivity contribution in [3.8, 4) is 0 Å². The van der Waals surface area contributed by atoms with Crippen LogP contribution >= 0.6 is 36.4 Å². The summed E-state index contributed by atoms with van der Waals surface area (Å²) in [5.74, 6) is 6.28. The molecule has 1 rings (SSSR count). The summed E-state index contributed by atoms with van der Waals surface area (Å²) >= 11 is 0. The van der Waals surface area contributed by atoms with Gasteiger partial charge in [-0.15, -0.1) is 0 Å². The predicted octanol–water partition coefficient (Wildman–Crippen LogP) is 6.06. The molecule has 0 amide bonds. The van der Waals surface area contributed by atoms with E-state index in [4.69, 9.17) is 0 Å². The molecule has 0 aromatic rings.